The summed E-state index contributed by atoms with van der Waals surface area (Å²) in [5, 5.41) is 10.3. The number of nitrogens with two attached hydrogens (primary N) is 1. The highest BCUT2D eigenvalue weighted by Gasteiger charge is 2.34. The molecule has 2 aromatic heterocycles. The summed E-state index contributed by atoms with van der Waals surface area (Å²) in [5.74, 6) is 2.71. The molecule has 0 saturated heterocycles. The van der Waals surface area contributed by atoms with Crippen molar-refractivity contribution in [3.8, 4) is 12.3 Å². The molecule has 0 amide bonds. The maximum absolute atomic E-state index is 9.53. The third-order valence-electron chi connectivity index (χ3n) is 3.73. The van der Waals surface area contributed by atoms with E-state index in [4.69, 9.17) is 28.5 Å². The molecule has 2 rings (SSSR count). The second kappa shape index (κ2) is 5.94. The summed E-state index contributed by atoms with van der Waals surface area (Å²) in [4.78, 5) is 8.10. The number of aliphatic hydroxyl groups is 1. The molecule has 0 radical (unpaired) electrons. The van der Waals surface area contributed by atoms with Crippen LogP contribution in [0.5, 0.6) is 0 Å². The molecule has 21 heavy (non-hydrogen) atoms. The van der Waals surface area contributed by atoms with Gasteiger partial charge in [0.15, 0.2) is 0 Å². The minimum atomic E-state index is -1.04. The van der Waals surface area contributed by atoms with E-state index in [-0.39, 0.29) is 17.7 Å². The molecule has 0 bridgehead atoms. The first-order valence-electron chi connectivity index (χ1n) is 6.39. The smallest absolute Gasteiger partial charge is 0.226 e. The van der Waals surface area contributed by atoms with Gasteiger partial charge in [-0.25, -0.2) is 4.98 Å². The number of hydrogen-bond donors (Lipinski definition) is 2. The van der Waals surface area contributed by atoms with Gasteiger partial charge in [-0.05, 0) is 23.5 Å². The van der Waals surface area contributed by atoms with E-state index in [1.807, 2.05) is 24.7 Å². The van der Waals surface area contributed by atoms with Crippen molar-refractivity contribution in [2.75, 3.05) is 19.5 Å². The van der Waals surface area contributed by atoms with E-state index < -0.39 is 5.60 Å². The van der Waals surface area contributed by atoms with Crippen molar-refractivity contribution in [1.29, 1.82) is 0 Å². The first-order chi connectivity index (χ1) is 9.97. The van der Waals surface area contributed by atoms with Crippen molar-refractivity contribution in [2.45, 2.75) is 18.0 Å². The van der Waals surface area contributed by atoms with Crippen LogP contribution in [0.15, 0.2) is 12.3 Å². The summed E-state index contributed by atoms with van der Waals surface area (Å²) in [5.41, 5.74) is 5.40. The summed E-state index contributed by atoms with van der Waals surface area (Å²) in [6.07, 6.45) is 7.34. The molecule has 0 saturated carbocycles. The number of aromatic nitrogens is 3. The van der Waals surface area contributed by atoms with Gasteiger partial charge in [-0.1, -0.05) is 5.92 Å². The maximum Gasteiger partial charge on any atom is 0.226 e. The molecule has 0 aliphatic carbocycles. The average Bonchev–Trinajstić information content (AvgIpc) is 2.85. The largest absolute Gasteiger partial charge is 0.392 e. The van der Waals surface area contributed by atoms with Gasteiger partial charge in [0.25, 0.3) is 0 Å². The topological polar surface area (TPSA) is 86.2 Å². The Morgan fingerprint density at radius 1 is 1.67 bits per heavy atom. The zero-order valence-electron chi connectivity index (χ0n) is 11.9. The third kappa shape index (κ3) is 2.70. The van der Waals surface area contributed by atoms with Crippen LogP contribution in [0.3, 0.4) is 0 Å². The van der Waals surface area contributed by atoms with Gasteiger partial charge >= 0.3 is 0 Å². The number of fused-ring (bicyclic) bond motifs is 1. The summed E-state index contributed by atoms with van der Waals surface area (Å²) < 4.78 is 7.19. The fourth-order valence-electron chi connectivity index (χ4n) is 2.32. The number of methoxy groups -OCH3 is 1. The molecule has 2 heterocycles. The molecule has 3 N–H and O–H groups in total. The lowest BCUT2D eigenvalue weighted by Gasteiger charge is -2.31. The lowest BCUT2D eigenvalue weighted by molar-refractivity contribution is -0.0138. The molecule has 0 aliphatic heterocycles. The van der Waals surface area contributed by atoms with Crippen molar-refractivity contribution in [1.82, 2.24) is 14.5 Å². The molecule has 2 aromatic rings. The number of rotatable bonds is 5. The Kier molecular flexibility index (Phi) is 4.42. The Bertz CT molecular complexity index is 693. The lowest BCUT2D eigenvalue weighted by Crippen LogP contribution is -2.41. The van der Waals surface area contributed by atoms with Crippen molar-refractivity contribution in [3.63, 3.8) is 0 Å². The van der Waals surface area contributed by atoms with Gasteiger partial charge in [0.1, 0.15) is 24.9 Å². The molecule has 0 aliphatic rings. The fraction of sp³-hybridized carbons (Fsp3) is 0.385. The molecular formula is C13H16BClN4O2. The van der Waals surface area contributed by atoms with Crippen LogP contribution in [0.2, 0.25) is 11.1 Å². The van der Waals surface area contributed by atoms with Crippen LogP contribution in [0.4, 0.5) is 5.82 Å². The minimum absolute atomic E-state index is 0.0877. The summed E-state index contributed by atoms with van der Waals surface area (Å²) >= 11 is 5.85. The molecule has 6 nitrogen and oxygen atoms in total. The normalized spacial score (nSPS) is 15.5. The fourth-order valence-corrected chi connectivity index (χ4v) is 2.49. The maximum atomic E-state index is 9.53. The molecule has 0 spiro atoms. The van der Waals surface area contributed by atoms with Crippen molar-refractivity contribution in [2.24, 2.45) is 0 Å². The van der Waals surface area contributed by atoms with Crippen LogP contribution in [0, 0.1) is 12.3 Å². The highest BCUT2D eigenvalue weighted by molar-refractivity contribution is 6.28. The predicted octanol–water partition coefficient (Wildman–Crippen LogP) is 0.0992. The van der Waals surface area contributed by atoms with Crippen molar-refractivity contribution >= 4 is 36.3 Å². The van der Waals surface area contributed by atoms with Gasteiger partial charge in [-0.15, -0.1) is 6.42 Å². The highest BCUT2D eigenvalue weighted by Crippen LogP contribution is 2.28. The second-order valence-electron chi connectivity index (χ2n) is 4.88. The standard InChI is InChI=1S/C13H16BClN4O2/c1-3-13(7-20,21-2)9(14)6-19-5-4-8-10(16)17-12(15)18-11(8)19/h1,4-5,9,20H,6-7,14H2,2H3,(H2,16,17,18)/t9-,13-/m1/s1. The van der Waals surface area contributed by atoms with E-state index >= 15 is 0 Å². The average molecular weight is 307 g/mol. The number of aliphatic hydroxyl groups excluding tert-OH is 1. The predicted molar refractivity (Wildman–Crippen MR) is 84.9 cm³/mol. The summed E-state index contributed by atoms with van der Waals surface area (Å²) in [6.45, 7) is 0.229. The molecule has 8 heteroatoms. The van der Waals surface area contributed by atoms with Gasteiger partial charge in [0, 0.05) is 19.9 Å². The monoisotopic (exact) mass is 306 g/mol. The summed E-state index contributed by atoms with van der Waals surface area (Å²) in [6, 6.07) is 1.82. The van der Waals surface area contributed by atoms with Crippen LogP contribution in [-0.2, 0) is 11.3 Å². The molecule has 110 valence electrons. The van der Waals surface area contributed by atoms with Gasteiger partial charge in [0.05, 0.1) is 12.0 Å². The Morgan fingerprint density at radius 2 is 2.38 bits per heavy atom. The third-order valence-corrected chi connectivity index (χ3v) is 3.90. The Hall–Kier alpha value is -1.75. The first-order valence-corrected chi connectivity index (χ1v) is 6.77. The number of hydrogen-bond acceptors (Lipinski definition) is 5. The number of halogens is 1. The molecule has 2 atom stereocenters. The van der Waals surface area contributed by atoms with E-state index in [2.05, 4.69) is 15.9 Å². The van der Waals surface area contributed by atoms with Crippen LogP contribution < -0.4 is 5.73 Å². The zero-order valence-corrected chi connectivity index (χ0v) is 12.6. The molecule has 0 unspecified atom stereocenters. The quantitative estimate of drug-likeness (QED) is 0.465. The SMILES string of the molecule is B[C@H](Cn1ccc2c(N)nc(Cl)nc21)[C@@](C#C)(CO)OC. The zero-order chi connectivity index (χ0) is 15.6. The Balaban J connectivity index is 2.39. The van der Waals surface area contributed by atoms with Crippen LogP contribution in [0.1, 0.15) is 0 Å². The van der Waals surface area contributed by atoms with Crippen molar-refractivity contribution < 1.29 is 9.84 Å². The van der Waals surface area contributed by atoms with Crippen LogP contribution in [0.25, 0.3) is 11.0 Å². The summed E-state index contributed by atoms with van der Waals surface area (Å²) in [7, 11) is 3.38. The van der Waals surface area contributed by atoms with Crippen LogP contribution in [-0.4, -0.2) is 46.8 Å². The van der Waals surface area contributed by atoms with Gasteiger partial charge in [0.2, 0.25) is 5.28 Å². The van der Waals surface area contributed by atoms with Crippen molar-refractivity contribution in [3.05, 3.63) is 17.5 Å². The van der Waals surface area contributed by atoms with E-state index in [9.17, 15) is 5.11 Å². The van der Waals surface area contributed by atoms with Gasteiger partial charge in [-0.2, -0.15) is 4.98 Å². The first kappa shape index (κ1) is 15.6. The number of anilines is 1. The van der Waals surface area contributed by atoms with E-state index in [1.54, 1.807) is 0 Å². The second-order valence-corrected chi connectivity index (χ2v) is 5.22. The molecule has 0 fully saturated rings. The van der Waals surface area contributed by atoms with Gasteiger partial charge < -0.3 is 20.1 Å². The molecule has 0 aromatic carbocycles. The van der Waals surface area contributed by atoms with E-state index in [0.717, 1.165) is 5.39 Å². The highest BCUT2D eigenvalue weighted by atomic mass is 35.5. The lowest BCUT2D eigenvalue weighted by atomic mass is 9.73. The van der Waals surface area contributed by atoms with Gasteiger partial charge in [-0.3, -0.25) is 0 Å². The Labute approximate surface area is 128 Å². The number of ether oxygens (including phenoxy) is 1. The molecular weight excluding hydrogens is 290 g/mol. The van der Waals surface area contributed by atoms with Crippen LogP contribution >= 0.6 is 11.6 Å². The number of nitrogen functional groups attached to an aromatic ring is 1. The number of nitrogens with zero attached hydrogens (tertiary/aromatic N) is 3. The van der Waals surface area contributed by atoms with E-state index in [1.165, 1.54) is 7.11 Å². The minimum Gasteiger partial charge on any atom is -0.392 e. The Morgan fingerprint density at radius 3 is 2.95 bits per heavy atom. The van der Waals surface area contributed by atoms with E-state index in [0.29, 0.717) is 18.0 Å². The number of terminal acetylenes is 1.